The molecule has 0 bridgehead atoms. The van der Waals surface area contributed by atoms with Gasteiger partial charge in [-0.05, 0) is 104 Å². The van der Waals surface area contributed by atoms with Gasteiger partial charge in [-0.25, -0.2) is 4.68 Å². The first-order valence-electron chi connectivity index (χ1n) is 11.8. The fraction of sp³-hybridized carbons (Fsp3) is 0.583. The fourth-order valence-corrected chi connectivity index (χ4v) is 5.00. The van der Waals surface area contributed by atoms with Crippen LogP contribution in [0.1, 0.15) is 61.2 Å². The molecule has 3 aromatic rings. The molecule has 0 saturated carbocycles. The molecule has 170 valence electrons. The molecule has 8 heteroatoms. The lowest BCUT2D eigenvalue weighted by molar-refractivity contribution is 0.0894. The summed E-state index contributed by atoms with van der Waals surface area (Å²) in [6.45, 7) is 9.71. The Morgan fingerprint density at radius 1 is 1.16 bits per heavy atom. The summed E-state index contributed by atoms with van der Waals surface area (Å²) in [5.74, 6) is 1.42. The fourth-order valence-electron chi connectivity index (χ4n) is 5.00. The monoisotopic (exact) mass is 436 g/mol. The molecule has 2 aliphatic rings. The van der Waals surface area contributed by atoms with Crippen LogP contribution >= 0.6 is 0 Å². The van der Waals surface area contributed by atoms with E-state index in [9.17, 15) is 4.79 Å². The molecule has 0 amide bonds. The lowest BCUT2D eigenvalue weighted by atomic mass is 9.95. The first kappa shape index (κ1) is 21.3. The number of aryl methyl sites for hydroxylation is 2. The molecule has 2 aliphatic heterocycles. The van der Waals surface area contributed by atoms with E-state index < -0.39 is 0 Å². The first-order chi connectivity index (χ1) is 15.5. The van der Waals surface area contributed by atoms with E-state index in [-0.39, 0.29) is 17.7 Å². The maximum Gasteiger partial charge on any atom is 0.253 e. The van der Waals surface area contributed by atoms with Crippen LogP contribution < -0.4 is 5.56 Å². The number of aromatic amines is 1. The van der Waals surface area contributed by atoms with Crippen LogP contribution in [0.5, 0.6) is 0 Å². The molecule has 32 heavy (non-hydrogen) atoms. The topological polar surface area (TPSA) is 88.9 Å². The van der Waals surface area contributed by atoms with Gasteiger partial charge in [0.15, 0.2) is 5.82 Å². The Kier molecular flexibility index (Phi) is 5.82. The summed E-state index contributed by atoms with van der Waals surface area (Å²) in [6, 6.07) is 5.95. The average molecular weight is 437 g/mol. The number of nitrogens with zero attached hydrogens (tertiary/aromatic N) is 5. The lowest BCUT2D eigenvalue weighted by Gasteiger charge is -2.36. The van der Waals surface area contributed by atoms with Crippen molar-refractivity contribution in [2.45, 2.75) is 65.1 Å². The third-order valence-corrected chi connectivity index (χ3v) is 7.17. The number of nitrogens with one attached hydrogen (secondary N) is 1. The maximum absolute atomic E-state index is 13.3. The Balaban J connectivity index is 1.60. The number of hydrogen-bond acceptors (Lipinski definition) is 6. The molecule has 0 spiro atoms. The zero-order chi connectivity index (χ0) is 22.2. The SMILES string of the molecule is Cc1cc2cc(C(c3nnnn3CC3CCCO3)N3CCC(C)CC3)c(=O)[nH]c2cc1C. The normalized spacial score (nSPS) is 21.4. The minimum Gasteiger partial charge on any atom is -0.376 e. The molecule has 2 unspecified atom stereocenters. The molecule has 0 radical (unpaired) electrons. The molecule has 0 aliphatic carbocycles. The van der Waals surface area contributed by atoms with Crippen molar-refractivity contribution in [1.82, 2.24) is 30.1 Å². The van der Waals surface area contributed by atoms with Gasteiger partial charge in [-0.1, -0.05) is 6.92 Å². The summed E-state index contributed by atoms with van der Waals surface area (Å²) < 4.78 is 7.68. The van der Waals surface area contributed by atoms with Crippen LogP contribution in [0.3, 0.4) is 0 Å². The van der Waals surface area contributed by atoms with Gasteiger partial charge in [0.2, 0.25) is 0 Å². The molecular formula is C24H32N6O2. The number of piperidine rings is 1. The number of likely N-dealkylation sites (tertiary alicyclic amines) is 1. The number of rotatable bonds is 5. The van der Waals surface area contributed by atoms with E-state index in [4.69, 9.17) is 4.74 Å². The van der Waals surface area contributed by atoms with E-state index in [0.717, 1.165) is 62.1 Å². The Labute approximate surface area is 188 Å². The van der Waals surface area contributed by atoms with Gasteiger partial charge < -0.3 is 9.72 Å². The molecule has 5 rings (SSSR count). The van der Waals surface area contributed by atoms with Crippen LogP contribution in [0.15, 0.2) is 23.0 Å². The van der Waals surface area contributed by atoms with Gasteiger partial charge in [0.25, 0.3) is 5.56 Å². The molecular weight excluding hydrogens is 404 g/mol. The minimum absolute atomic E-state index is 0.0731. The third kappa shape index (κ3) is 4.09. The van der Waals surface area contributed by atoms with E-state index in [1.54, 1.807) is 0 Å². The highest BCUT2D eigenvalue weighted by Gasteiger charge is 2.33. The van der Waals surface area contributed by atoms with E-state index in [1.165, 1.54) is 11.1 Å². The van der Waals surface area contributed by atoms with Crippen molar-refractivity contribution >= 4 is 10.9 Å². The summed E-state index contributed by atoms with van der Waals surface area (Å²) in [6.07, 6.45) is 4.42. The summed E-state index contributed by atoms with van der Waals surface area (Å²) in [4.78, 5) is 18.8. The van der Waals surface area contributed by atoms with Crippen LogP contribution in [0, 0.1) is 19.8 Å². The predicted molar refractivity (Wildman–Crippen MR) is 123 cm³/mol. The molecule has 2 aromatic heterocycles. The van der Waals surface area contributed by atoms with Crippen molar-refractivity contribution in [3.05, 3.63) is 51.1 Å². The van der Waals surface area contributed by atoms with E-state index >= 15 is 0 Å². The number of H-pyrrole nitrogens is 1. The van der Waals surface area contributed by atoms with Crippen LogP contribution in [0.2, 0.25) is 0 Å². The van der Waals surface area contributed by atoms with E-state index in [0.29, 0.717) is 18.0 Å². The van der Waals surface area contributed by atoms with E-state index in [1.807, 2.05) is 10.7 Å². The predicted octanol–water partition coefficient (Wildman–Crippen LogP) is 3.13. The first-order valence-corrected chi connectivity index (χ1v) is 11.8. The number of hydrogen-bond donors (Lipinski definition) is 1. The number of ether oxygens (including phenoxy) is 1. The Hall–Kier alpha value is -2.58. The zero-order valence-corrected chi connectivity index (χ0v) is 19.2. The summed E-state index contributed by atoms with van der Waals surface area (Å²) in [5.41, 5.74) is 3.88. The highest BCUT2D eigenvalue weighted by molar-refractivity contribution is 5.81. The molecule has 2 saturated heterocycles. The summed E-state index contributed by atoms with van der Waals surface area (Å²) in [5, 5.41) is 13.8. The second-order valence-corrected chi connectivity index (χ2v) is 9.55. The van der Waals surface area contributed by atoms with Crippen LogP contribution in [-0.2, 0) is 11.3 Å². The third-order valence-electron chi connectivity index (χ3n) is 7.17. The van der Waals surface area contributed by atoms with Crippen LogP contribution in [0.4, 0.5) is 0 Å². The van der Waals surface area contributed by atoms with E-state index in [2.05, 4.69) is 58.3 Å². The largest absolute Gasteiger partial charge is 0.376 e. The summed E-state index contributed by atoms with van der Waals surface area (Å²) >= 11 is 0. The zero-order valence-electron chi connectivity index (χ0n) is 19.2. The van der Waals surface area contributed by atoms with Crippen molar-refractivity contribution < 1.29 is 4.74 Å². The van der Waals surface area contributed by atoms with Gasteiger partial charge in [0, 0.05) is 17.7 Å². The van der Waals surface area contributed by atoms with Gasteiger partial charge in [0.05, 0.1) is 12.6 Å². The lowest BCUT2D eigenvalue weighted by Crippen LogP contribution is -2.40. The van der Waals surface area contributed by atoms with Gasteiger partial charge in [-0.2, -0.15) is 0 Å². The minimum atomic E-state index is -0.284. The summed E-state index contributed by atoms with van der Waals surface area (Å²) in [7, 11) is 0. The molecule has 4 heterocycles. The average Bonchev–Trinajstić information content (AvgIpc) is 3.44. The number of benzene rings is 1. The number of pyridine rings is 1. The van der Waals surface area contributed by atoms with Crippen molar-refractivity contribution in [3.63, 3.8) is 0 Å². The molecule has 1 N–H and O–H groups in total. The Morgan fingerprint density at radius 3 is 2.69 bits per heavy atom. The van der Waals surface area contributed by atoms with Gasteiger partial charge in [-0.3, -0.25) is 9.69 Å². The van der Waals surface area contributed by atoms with Crippen molar-refractivity contribution in [3.8, 4) is 0 Å². The molecule has 1 aromatic carbocycles. The van der Waals surface area contributed by atoms with Gasteiger partial charge in [-0.15, -0.1) is 5.10 Å². The second kappa shape index (κ2) is 8.75. The van der Waals surface area contributed by atoms with Crippen molar-refractivity contribution in [1.29, 1.82) is 0 Å². The molecule has 8 nitrogen and oxygen atoms in total. The van der Waals surface area contributed by atoms with Crippen molar-refractivity contribution in [2.75, 3.05) is 19.7 Å². The quantitative estimate of drug-likeness (QED) is 0.661. The smallest absolute Gasteiger partial charge is 0.253 e. The Bertz CT molecular complexity index is 1150. The van der Waals surface area contributed by atoms with Crippen LogP contribution in [0.25, 0.3) is 10.9 Å². The number of tetrazole rings is 1. The molecule has 2 fully saturated rings. The number of fused-ring (bicyclic) bond motifs is 1. The highest BCUT2D eigenvalue weighted by atomic mass is 16.5. The van der Waals surface area contributed by atoms with Crippen LogP contribution in [-0.4, -0.2) is 55.9 Å². The van der Waals surface area contributed by atoms with Crippen molar-refractivity contribution in [2.24, 2.45) is 5.92 Å². The highest BCUT2D eigenvalue weighted by Crippen LogP contribution is 2.31. The standard InChI is InChI=1S/C24H32N6O2/c1-15-6-8-29(9-7-15)22(23-26-27-28-30(23)14-19-5-4-10-32-19)20-13-18-11-16(2)17(3)12-21(18)25-24(20)31/h11-13,15,19,22H,4-10,14H2,1-3H3,(H,25,31). The number of aromatic nitrogens is 5. The molecule has 2 atom stereocenters. The Morgan fingerprint density at radius 2 is 1.94 bits per heavy atom. The van der Waals surface area contributed by atoms with Gasteiger partial charge >= 0.3 is 0 Å². The maximum atomic E-state index is 13.3. The van der Waals surface area contributed by atoms with Gasteiger partial charge in [0.1, 0.15) is 6.04 Å². The second-order valence-electron chi connectivity index (χ2n) is 9.55.